The first-order chi connectivity index (χ1) is 17.1. The van der Waals surface area contributed by atoms with Crippen LogP contribution in [0, 0.1) is 13.8 Å². The SMILES string of the molecule is Cc1nn(-c2ccccn2)c(C)c1N1CCN(C(=O)c2cc(-c3ccc4c(c3)OCO4)n[nH]2)CC1. The van der Waals surface area contributed by atoms with E-state index in [9.17, 15) is 4.79 Å². The number of aryl methyl sites for hydroxylation is 1. The Kier molecular flexibility index (Phi) is 5.13. The van der Waals surface area contributed by atoms with Crippen molar-refractivity contribution in [2.24, 2.45) is 0 Å². The zero-order valence-electron chi connectivity index (χ0n) is 19.6. The Labute approximate surface area is 202 Å². The van der Waals surface area contributed by atoms with Crippen molar-refractivity contribution in [3.63, 3.8) is 0 Å². The minimum atomic E-state index is -0.0539. The molecule has 0 bridgehead atoms. The molecule has 1 fully saturated rings. The van der Waals surface area contributed by atoms with E-state index in [2.05, 4.69) is 27.0 Å². The molecule has 35 heavy (non-hydrogen) atoms. The van der Waals surface area contributed by atoms with Crippen LogP contribution >= 0.6 is 0 Å². The number of ether oxygens (including phenoxy) is 2. The average Bonchev–Trinajstić information content (AvgIpc) is 3.63. The number of fused-ring (bicyclic) bond motifs is 1. The first-order valence-electron chi connectivity index (χ1n) is 11.6. The largest absolute Gasteiger partial charge is 0.454 e. The summed E-state index contributed by atoms with van der Waals surface area (Å²) in [5.74, 6) is 2.15. The lowest BCUT2D eigenvalue weighted by molar-refractivity contribution is 0.0741. The molecule has 6 rings (SSSR count). The Morgan fingerprint density at radius 1 is 1.00 bits per heavy atom. The highest BCUT2D eigenvalue weighted by molar-refractivity contribution is 5.93. The number of amides is 1. The maximum Gasteiger partial charge on any atom is 0.272 e. The van der Waals surface area contributed by atoms with Crippen LogP contribution in [0.3, 0.4) is 0 Å². The minimum Gasteiger partial charge on any atom is -0.454 e. The molecule has 10 heteroatoms. The summed E-state index contributed by atoms with van der Waals surface area (Å²) in [5.41, 5.74) is 5.14. The molecule has 1 N–H and O–H groups in total. The normalized spacial score (nSPS) is 15.0. The van der Waals surface area contributed by atoms with E-state index in [1.165, 1.54) is 0 Å². The van der Waals surface area contributed by atoms with Crippen molar-refractivity contribution >= 4 is 11.6 Å². The van der Waals surface area contributed by atoms with Crippen LogP contribution < -0.4 is 14.4 Å². The van der Waals surface area contributed by atoms with Crippen molar-refractivity contribution < 1.29 is 14.3 Å². The van der Waals surface area contributed by atoms with E-state index in [4.69, 9.17) is 14.6 Å². The molecule has 0 saturated carbocycles. The molecule has 178 valence electrons. The molecule has 0 unspecified atom stereocenters. The van der Waals surface area contributed by atoms with Crippen LogP contribution in [0.2, 0.25) is 0 Å². The fourth-order valence-corrected chi connectivity index (χ4v) is 4.73. The molecular formula is C25H25N7O3. The van der Waals surface area contributed by atoms with Gasteiger partial charge < -0.3 is 19.3 Å². The molecule has 0 spiro atoms. The molecule has 4 aromatic rings. The molecule has 1 saturated heterocycles. The Bertz CT molecular complexity index is 1390. The average molecular weight is 472 g/mol. The molecule has 5 heterocycles. The second-order valence-electron chi connectivity index (χ2n) is 8.63. The second kappa shape index (κ2) is 8.46. The van der Waals surface area contributed by atoms with Gasteiger partial charge in [0, 0.05) is 37.9 Å². The lowest BCUT2D eigenvalue weighted by Crippen LogP contribution is -2.49. The fourth-order valence-electron chi connectivity index (χ4n) is 4.73. The summed E-state index contributed by atoms with van der Waals surface area (Å²) in [6.07, 6.45) is 1.77. The Morgan fingerprint density at radius 2 is 1.83 bits per heavy atom. The zero-order valence-corrected chi connectivity index (χ0v) is 19.6. The Balaban J connectivity index is 1.14. The molecule has 0 radical (unpaired) electrons. The van der Waals surface area contributed by atoms with Crippen molar-refractivity contribution in [2.75, 3.05) is 37.9 Å². The van der Waals surface area contributed by atoms with Gasteiger partial charge in [0.05, 0.1) is 22.8 Å². The molecule has 2 aliphatic heterocycles. The van der Waals surface area contributed by atoms with Gasteiger partial charge in [0.25, 0.3) is 5.91 Å². The summed E-state index contributed by atoms with van der Waals surface area (Å²) in [6.45, 7) is 6.98. The second-order valence-corrected chi connectivity index (χ2v) is 8.63. The number of hydrogen-bond donors (Lipinski definition) is 1. The van der Waals surface area contributed by atoms with Crippen LogP contribution in [-0.4, -0.2) is 68.7 Å². The highest BCUT2D eigenvalue weighted by Gasteiger charge is 2.27. The van der Waals surface area contributed by atoms with Gasteiger partial charge >= 0.3 is 0 Å². The summed E-state index contributed by atoms with van der Waals surface area (Å²) in [4.78, 5) is 21.7. The summed E-state index contributed by atoms with van der Waals surface area (Å²) in [5, 5.41) is 12.0. The van der Waals surface area contributed by atoms with Gasteiger partial charge in [-0.3, -0.25) is 9.89 Å². The first kappa shape index (κ1) is 21.2. The van der Waals surface area contributed by atoms with Crippen molar-refractivity contribution in [1.82, 2.24) is 29.9 Å². The monoisotopic (exact) mass is 471 g/mol. The van der Waals surface area contributed by atoms with Crippen LogP contribution in [0.25, 0.3) is 17.1 Å². The van der Waals surface area contributed by atoms with E-state index < -0.39 is 0 Å². The number of carbonyl (C=O) groups is 1. The van der Waals surface area contributed by atoms with Crippen LogP contribution in [-0.2, 0) is 0 Å². The topological polar surface area (TPSA) is 101 Å². The van der Waals surface area contributed by atoms with E-state index in [1.807, 2.05) is 52.9 Å². The van der Waals surface area contributed by atoms with Crippen LogP contribution in [0.15, 0.2) is 48.7 Å². The molecule has 2 aliphatic rings. The smallest absolute Gasteiger partial charge is 0.272 e. The van der Waals surface area contributed by atoms with Gasteiger partial charge in [-0.25, -0.2) is 9.67 Å². The number of pyridine rings is 1. The van der Waals surface area contributed by atoms with Crippen LogP contribution in [0.5, 0.6) is 11.5 Å². The fraction of sp³-hybridized carbons (Fsp3) is 0.280. The van der Waals surface area contributed by atoms with Gasteiger partial charge in [-0.1, -0.05) is 6.07 Å². The molecule has 0 aliphatic carbocycles. The van der Waals surface area contributed by atoms with E-state index in [0.717, 1.165) is 47.3 Å². The van der Waals surface area contributed by atoms with Crippen molar-refractivity contribution in [3.05, 3.63) is 65.7 Å². The lowest BCUT2D eigenvalue weighted by atomic mass is 10.1. The third kappa shape index (κ3) is 3.76. The Hall–Kier alpha value is -4.34. The maximum absolute atomic E-state index is 13.2. The van der Waals surface area contributed by atoms with Crippen LogP contribution in [0.4, 0.5) is 5.69 Å². The predicted octanol–water partition coefficient (Wildman–Crippen LogP) is 2.97. The predicted molar refractivity (Wildman–Crippen MR) is 129 cm³/mol. The van der Waals surface area contributed by atoms with E-state index in [-0.39, 0.29) is 12.7 Å². The number of hydrogen-bond acceptors (Lipinski definition) is 7. The van der Waals surface area contributed by atoms with Gasteiger partial charge in [-0.2, -0.15) is 10.2 Å². The van der Waals surface area contributed by atoms with Gasteiger partial charge in [-0.05, 0) is 50.2 Å². The number of rotatable bonds is 4. The summed E-state index contributed by atoms with van der Waals surface area (Å²) in [7, 11) is 0. The third-order valence-electron chi connectivity index (χ3n) is 6.48. The number of H-pyrrole nitrogens is 1. The number of nitrogens with one attached hydrogen (secondary N) is 1. The standard InChI is InChI=1S/C25H25N7O3/c1-16-24(17(2)32(29-16)23-5-3-4-8-26-23)30-9-11-31(12-10-30)25(33)20-14-19(27-28-20)18-6-7-21-22(13-18)35-15-34-21/h3-8,13-14H,9-12,15H2,1-2H3,(H,27,28). The molecular weight excluding hydrogens is 446 g/mol. The van der Waals surface area contributed by atoms with Crippen molar-refractivity contribution in [1.29, 1.82) is 0 Å². The van der Waals surface area contributed by atoms with Gasteiger partial charge in [-0.15, -0.1) is 0 Å². The van der Waals surface area contributed by atoms with Gasteiger partial charge in [0.1, 0.15) is 5.69 Å². The van der Waals surface area contributed by atoms with E-state index in [1.54, 1.807) is 12.3 Å². The number of benzene rings is 1. The summed E-state index contributed by atoms with van der Waals surface area (Å²) in [6, 6.07) is 13.2. The first-order valence-corrected chi connectivity index (χ1v) is 11.6. The number of anilines is 1. The minimum absolute atomic E-state index is 0.0539. The third-order valence-corrected chi connectivity index (χ3v) is 6.48. The number of nitrogens with zero attached hydrogens (tertiary/aromatic N) is 6. The zero-order chi connectivity index (χ0) is 23.9. The highest BCUT2D eigenvalue weighted by atomic mass is 16.7. The van der Waals surface area contributed by atoms with E-state index in [0.29, 0.717) is 30.2 Å². The van der Waals surface area contributed by atoms with E-state index >= 15 is 0 Å². The summed E-state index contributed by atoms with van der Waals surface area (Å²) < 4.78 is 12.7. The molecule has 0 atom stereocenters. The lowest BCUT2D eigenvalue weighted by Gasteiger charge is -2.36. The number of carbonyl (C=O) groups excluding carboxylic acids is 1. The molecule has 10 nitrogen and oxygen atoms in total. The van der Waals surface area contributed by atoms with Crippen molar-refractivity contribution in [3.8, 4) is 28.6 Å². The number of aromatic amines is 1. The summed E-state index contributed by atoms with van der Waals surface area (Å²) >= 11 is 0. The molecule has 1 amide bonds. The number of piperazine rings is 1. The van der Waals surface area contributed by atoms with Gasteiger partial charge in [0.15, 0.2) is 17.3 Å². The highest BCUT2D eigenvalue weighted by Crippen LogP contribution is 2.35. The van der Waals surface area contributed by atoms with Crippen molar-refractivity contribution in [2.45, 2.75) is 13.8 Å². The molecule has 1 aromatic carbocycles. The van der Waals surface area contributed by atoms with Crippen LogP contribution in [0.1, 0.15) is 21.9 Å². The maximum atomic E-state index is 13.2. The van der Waals surface area contributed by atoms with Gasteiger partial charge in [0.2, 0.25) is 6.79 Å². The quantitative estimate of drug-likeness (QED) is 0.488. The number of aromatic nitrogens is 5. The molecule has 3 aromatic heterocycles. The Morgan fingerprint density at radius 3 is 2.63 bits per heavy atom.